The molecule has 1 amide bonds. The van der Waals surface area contributed by atoms with Crippen LogP contribution in [0, 0.1) is 11.3 Å². The molecular weight excluding hydrogens is 430 g/mol. The average molecular weight is 460 g/mol. The van der Waals surface area contributed by atoms with Crippen molar-refractivity contribution in [2.24, 2.45) is 0 Å². The van der Waals surface area contributed by atoms with Crippen molar-refractivity contribution in [2.75, 3.05) is 26.0 Å². The van der Waals surface area contributed by atoms with Gasteiger partial charge in [-0.1, -0.05) is 31.2 Å². The maximum atomic E-state index is 12.2. The Kier molecular flexibility index (Phi) is 8.69. The van der Waals surface area contributed by atoms with E-state index in [4.69, 9.17) is 15.2 Å². The number of benzene rings is 2. The molecule has 8 nitrogen and oxygen atoms in total. The quantitative estimate of drug-likeness (QED) is 0.332. The predicted octanol–water partition coefficient (Wildman–Crippen LogP) is 3.89. The molecule has 0 aliphatic rings. The summed E-state index contributed by atoms with van der Waals surface area (Å²) in [6.45, 7) is 3.10. The second kappa shape index (κ2) is 12.1. The molecule has 0 saturated carbocycles. The number of rotatable bonds is 11. The van der Waals surface area contributed by atoms with E-state index >= 15 is 0 Å². The number of carbonyl (C=O) groups is 1. The number of nitrogens with two attached hydrogens (primary N) is 1. The number of aromatic nitrogens is 2. The number of nitriles is 1. The molecule has 0 aliphatic carbocycles. The number of amides is 1. The fourth-order valence-corrected chi connectivity index (χ4v) is 3.36. The number of para-hydroxylation sites is 1. The highest BCUT2D eigenvalue weighted by Gasteiger charge is 2.16. The van der Waals surface area contributed by atoms with Crippen LogP contribution in [0.25, 0.3) is 11.8 Å². The minimum absolute atomic E-state index is 0.208. The van der Waals surface area contributed by atoms with Gasteiger partial charge in [0.05, 0.1) is 25.1 Å². The molecule has 2 aromatic carbocycles. The Balaban J connectivity index is 1.53. The van der Waals surface area contributed by atoms with Gasteiger partial charge in [0.25, 0.3) is 0 Å². The van der Waals surface area contributed by atoms with Gasteiger partial charge in [0.2, 0.25) is 5.91 Å². The lowest BCUT2D eigenvalue weighted by molar-refractivity contribution is -0.116. The maximum Gasteiger partial charge on any atom is 0.243 e. The largest absolute Gasteiger partial charge is 0.493 e. The zero-order chi connectivity index (χ0) is 24.3. The highest BCUT2D eigenvalue weighted by Crippen LogP contribution is 2.28. The lowest BCUT2D eigenvalue weighted by atomic mass is 10.1. The molecule has 176 valence electrons. The highest BCUT2D eigenvalue weighted by molar-refractivity contribution is 5.91. The summed E-state index contributed by atoms with van der Waals surface area (Å²) < 4.78 is 12.6. The summed E-state index contributed by atoms with van der Waals surface area (Å²) in [4.78, 5) is 12.2. The fraction of sp³-hybridized carbons (Fsp3) is 0.269. The first kappa shape index (κ1) is 24.4. The first-order valence-electron chi connectivity index (χ1n) is 11.2. The number of nitrogens with zero attached hydrogens (tertiary/aromatic N) is 3. The molecular formula is C26H29N5O3. The molecule has 0 fully saturated rings. The second-order valence-corrected chi connectivity index (χ2v) is 7.55. The van der Waals surface area contributed by atoms with E-state index in [1.807, 2.05) is 55.5 Å². The summed E-state index contributed by atoms with van der Waals surface area (Å²) in [5.41, 5.74) is 8.74. The molecule has 0 spiro atoms. The molecule has 1 aromatic heterocycles. The topological polar surface area (TPSA) is 115 Å². The van der Waals surface area contributed by atoms with E-state index in [9.17, 15) is 10.1 Å². The van der Waals surface area contributed by atoms with E-state index in [2.05, 4.69) is 16.5 Å². The summed E-state index contributed by atoms with van der Waals surface area (Å²) in [5, 5.41) is 16.9. The minimum Gasteiger partial charge on any atom is -0.493 e. The molecule has 0 bridgehead atoms. The van der Waals surface area contributed by atoms with Crippen LogP contribution in [0.15, 0.2) is 54.6 Å². The van der Waals surface area contributed by atoms with Crippen LogP contribution in [0.5, 0.6) is 11.5 Å². The van der Waals surface area contributed by atoms with Crippen molar-refractivity contribution in [3.8, 4) is 23.3 Å². The number of anilines is 1. The number of hydrogen-bond acceptors (Lipinski definition) is 6. The molecule has 34 heavy (non-hydrogen) atoms. The van der Waals surface area contributed by atoms with Gasteiger partial charge in [-0.25, -0.2) is 4.68 Å². The van der Waals surface area contributed by atoms with Crippen LogP contribution in [0.3, 0.4) is 0 Å². The van der Waals surface area contributed by atoms with Gasteiger partial charge in [-0.15, -0.1) is 0 Å². The number of methoxy groups -OCH3 is 1. The first-order chi connectivity index (χ1) is 16.6. The van der Waals surface area contributed by atoms with Gasteiger partial charge < -0.3 is 20.5 Å². The summed E-state index contributed by atoms with van der Waals surface area (Å²) >= 11 is 0. The molecule has 0 aliphatic heterocycles. The molecule has 0 saturated heterocycles. The molecule has 0 atom stereocenters. The molecule has 3 N–H and O–H groups in total. The Morgan fingerprint density at radius 2 is 2.03 bits per heavy atom. The van der Waals surface area contributed by atoms with Gasteiger partial charge >= 0.3 is 0 Å². The van der Waals surface area contributed by atoms with Crippen molar-refractivity contribution in [2.45, 2.75) is 26.2 Å². The predicted molar refractivity (Wildman–Crippen MR) is 132 cm³/mol. The zero-order valence-electron chi connectivity index (χ0n) is 19.5. The zero-order valence-corrected chi connectivity index (χ0v) is 19.5. The van der Waals surface area contributed by atoms with Gasteiger partial charge in [0.1, 0.15) is 17.5 Å². The molecule has 1 heterocycles. The van der Waals surface area contributed by atoms with Gasteiger partial charge in [-0.2, -0.15) is 10.4 Å². The van der Waals surface area contributed by atoms with Crippen LogP contribution < -0.4 is 20.5 Å². The summed E-state index contributed by atoms with van der Waals surface area (Å²) in [7, 11) is 1.59. The molecule has 8 heteroatoms. The van der Waals surface area contributed by atoms with Crippen molar-refractivity contribution in [3.05, 3.63) is 71.4 Å². The van der Waals surface area contributed by atoms with E-state index in [-0.39, 0.29) is 5.91 Å². The molecule has 3 aromatic rings. The van der Waals surface area contributed by atoms with E-state index in [0.29, 0.717) is 54.6 Å². The van der Waals surface area contributed by atoms with Crippen molar-refractivity contribution >= 4 is 17.8 Å². The van der Waals surface area contributed by atoms with Gasteiger partial charge in [-0.3, -0.25) is 4.79 Å². The maximum absolute atomic E-state index is 12.2. The number of aryl methyl sites for hydroxylation is 1. The summed E-state index contributed by atoms with van der Waals surface area (Å²) in [6, 6.07) is 17.1. The van der Waals surface area contributed by atoms with Crippen molar-refractivity contribution in [1.29, 1.82) is 5.26 Å². The third-order valence-corrected chi connectivity index (χ3v) is 5.07. The van der Waals surface area contributed by atoms with Crippen LogP contribution in [0.1, 0.15) is 36.6 Å². The van der Waals surface area contributed by atoms with Crippen molar-refractivity contribution < 1.29 is 14.3 Å². The highest BCUT2D eigenvalue weighted by atomic mass is 16.5. The minimum atomic E-state index is -0.208. The summed E-state index contributed by atoms with van der Waals surface area (Å²) in [6.07, 6.45) is 5.25. The average Bonchev–Trinajstić information content (AvgIpc) is 3.19. The van der Waals surface area contributed by atoms with Crippen LogP contribution in [-0.4, -0.2) is 35.9 Å². The Labute approximate surface area is 199 Å². The second-order valence-electron chi connectivity index (χ2n) is 7.55. The lowest BCUT2D eigenvalue weighted by Crippen LogP contribution is -2.22. The molecule has 0 radical (unpaired) electrons. The van der Waals surface area contributed by atoms with Crippen LogP contribution >= 0.6 is 0 Å². The fourth-order valence-electron chi connectivity index (χ4n) is 3.36. The van der Waals surface area contributed by atoms with Gasteiger partial charge in [0.15, 0.2) is 11.5 Å². The Morgan fingerprint density at radius 3 is 2.74 bits per heavy atom. The van der Waals surface area contributed by atoms with Crippen molar-refractivity contribution in [1.82, 2.24) is 15.1 Å². The molecule has 3 rings (SSSR count). The van der Waals surface area contributed by atoms with Gasteiger partial charge in [0, 0.05) is 12.6 Å². The Bertz CT molecular complexity index is 1180. The lowest BCUT2D eigenvalue weighted by Gasteiger charge is -2.10. The normalized spacial score (nSPS) is 10.7. The van der Waals surface area contributed by atoms with Crippen LogP contribution in [0.4, 0.5) is 5.82 Å². The van der Waals surface area contributed by atoms with Gasteiger partial charge in [-0.05, 0) is 55.2 Å². The number of hydrogen-bond donors (Lipinski definition) is 2. The van der Waals surface area contributed by atoms with Crippen LogP contribution in [0.2, 0.25) is 0 Å². The third-order valence-electron chi connectivity index (χ3n) is 5.07. The van der Waals surface area contributed by atoms with E-state index in [1.165, 1.54) is 6.08 Å². The number of nitrogens with one attached hydrogen (secondary N) is 1. The van der Waals surface area contributed by atoms with Crippen molar-refractivity contribution in [3.63, 3.8) is 0 Å². The third kappa shape index (κ3) is 6.17. The number of carbonyl (C=O) groups excluding carboxylic acids is 1. The monoisotopic (exact) mass is 459 g/mol. The standard InChI is InChI=1S/C26H29N5O3/c1-3-16-34-23-13-11-19(17-24(23)33-2)12-14-25(32)29-15-7-10-22-21(18-27)26(28)31(30-22)20-8-5-4-6-9-20/h4-6,8-9,11-14,17H,3,7,10,15-16,28H2,1-2H3,(H,29,32)/b14-12+. The number of nitrogen functional groups attached to an aromatic ring is 1. The van der Waals surface area contributed by atoms with E-state index < -0.39 is 0 Å². The SMILES string of the molecule is CCCOc1ccc(/C=C/C(=O)NCCCc2nn(-c3ccccc3)c(N)c2C#N)cc1OC. The Morgan fingerprint density at radius 1 is 1.24 bits per heavy atom. The van der Waals surface area contributed by atoms with E-state index in [0.717, 1.165) is 17.7 Å². The van der Waals surface area contributed by atoms with E-state index in [1.54, 1.807) is 17.9 Å². The Hall–Kier alpha value is -4.25. The van der Waals surface area contributed by atoms with Crippen LogP contribution in [-0.2, 0) is 11.2 Å². The molecule has 0 unspecified atom stereocenters. The number of ether oxygens (including phenoxy) is 2. The smallest absolute Gasteiger partial charge is 0.243 e. The summed E-state index contributed by atoms with van der Waals surface area (Å²) in [5.74, 6) is 1.41. The first-order valence-corrected chi connectivity index (χ1v) is 11.2.